The molecule has 0 aliphatic carbocycles. The molecule has 2 atom stereocenters. The van der Waals surface area contributed by atoms with Crippen molar-refractivity contribution in [2.24, 2.45) is 0 Å². The van der Waals surface area contributed by atoms with Gasteiger partial charge in [0.2, 0.25) is 0 Å². The molecular weight excluding hydrogens is 453 g/mol. The first kappa shape index (κ1) is 26.5. The zero-order chi connectivity index (χ0) is 11.4. The number of nitrogens with two attached hydrogens (primary N) is 2. The molecule has 0 saturated heterocycles. The summed E-state index contributed by atoms with van der Waals surface area (Å²) < 4.78 is 31.8. The van der Waals surface area contributed by atoms with Crippen LogP contribution in [-0.4, -0.2) is 28.4 Å². The quantitative estimate of drug-likeness (QED) is 0.564. The van der Waals surface area contributed by atoms with Gasteiger partial charge in [0.25, 0.3) is 0 Å². The summed E-state index contributed by atoms with van der Waals surface area (Å²) in [7, 11) is -8.15. The summed E-state index contributed by atoms with van der Waals surface area (Å²) in [6, 6.07) is 0. The van der Waals surface area contributed by atoms with Gasteiger partial charge in [-0.25, -0.2) is 0 Å². The molecule has 0 aliphatic rings. The zero-order valence-corrected chi connectivity index (χ0v) is 13.9. The van der Waals surface area contributed by atoms with Crippen LogP contribution in [0.3, 0.4) is 0 Å². The third kappa shape index (κ3) is 8.60. The predicted molar refractivity (Wildman–Crippen MR) is 62.9 cm³/mol. The molecule has 0 heterocycles. The maximum absolute atomic E-state index is 11.4. The van der Waals surface area contributed by atoms with Gasteiger partial charge in [-0.15, -0.1) is 0 Å². The molecule has 17 heavy (non-hydrogen) atoms. The maximum atomic E-state index is 11.4. The predicted octanol–water partition coefficient (Wildman–Crippen LogP) is 3.21. The topological polar surface area (TPSA) is 160 Å². The minimum Gasteiger partial charge on any atom is -0.693 e. The van der Waals surface area contributed by atoms with Gasteiger partial charge in [-0.05, 0) is 20.8 Å². The summed E-state index contributed by atoms with van der Waals surface area (Å²) in [4.78, 5) is 18.5. The van der Waals surface area contributed by atoms with E-state index in [2.05, 4.69) is 9.05 Å². The smallest absolute Gasteiger partial charge is 0.693 e. The summed E-state index contributed by atoms with van der Waals surface area (Å²) in [5.41, 5.74) is 0. The number of hydrogen-bond donors (Lipinski definition) is 2. The first-order valence-corrected chi connectivity index (χ1v) is 7.51. The second-order valence-electron chi connectivity index (χ2n) is 2.60. The fourth-order valence-corrected chi connectivity index (χ4v) is 3.82. The first-order chi connectivity index (χ1) is 6.28. The molecule has 0 aromatic carbocycles. The number of hydrogen-bond acceptors (Lipinski definition) is 4. The van der Waals surface area contributed by atoms with Crippen molar-refractivity contribution in [3.63, 3.8) is 0 Å². The van der Waals surface area contributed by atoms with Crippen LogP contribution in [0.4, 0.5) is 0 Å². The molecule has 8 nitrogen and oxygen atoms in total. The molecule has 0 radical (unpaired) electrons. The van der Waals surface area contributed by atoms with E-state index in [0.29, 0.717) is 0 Å². The monoisotopic (exact) mass is 473 g/mol. The second kappa shape index (κ2) is 10.8. The van der Waals surface area contributed by atoms with E-state index < -0.39 is 20.6 Å². The van der Waals surface area contributed by atoms with E-state index in [1.54, 1.807) is 0 Å². The van der Waals surface area contributed by atoms with Gasteiger partial charge in [-0.3, -0.25) is 9.13 Å². The fraction of sp³-hybridized carbons (Fsp3) is 1.00. The fourth-order valence-electron chi connectivity index (χ4n) is 0.770. The van der Waals surface area contributed by atoms with E-state index in [1.165, 1.54) is 13.8 Å². The Morgan fingerprint density at radius 2 is 1.24 bits per heavy atom. The molecule has 0 fully saturated rings. The van der Waals surface area contributed by atoms with Gasteiger partial charge in [-0.1, -0.05) is 0 Å². The van der Waals surface area contributed by atoms with Crippen molar-refractivity contribution >= 4 is 15.2 Å². The first-order valence-electron chi connectivity index (χ1n) is 4.22. The van der Waals surface area contributed by atoms with Crippen LogP contribution in [0.1, 0.15) is 20.8 Å². The Kier molecular flexibility index (Phi) is 16.8. The third-order valence-corrected chi connectivity index (χ3v) is 6.47. The Morgan fingerprint density at radius 3 is 1.41 bits per heavy atom. The van der Waals surface area contributed by atoms with E-state index in [1.807, 2.05) is 0 Å². The van der Waals surface area contributed by atoms with Crippen molar-refractivity contribution < 1.29 is 49.0 Å². The van der Waals surface area contributed by atoms with E-state index in [0.717, 1.165) is 6.92 Å². The van der Waals surface area contributed by atoms with Crippen LogP contribution in [0.15, 0.2) is 0 Å². The zero-order valence-electron chi connectivity index (χ0n) is 9.88. The molecule has 0 spiro atoms. The summed E-state index contributed by atoms with van der Waals surface area (Å²) >= 11 is 0. The van der Waals surface area contributed by atoms with Crippen molar-refractivity contribution in [2.75, 3.05) is 13.2 Å². The Labute approximate surface area is 116 Å². The Balaban J connectivity index is -0.000000282. The van der Waals surface area contributed by atoms with Gasteiger partial charge in [0, 0.05) is 0 Å². The summed E-state index contributed by atoms with van der Waals surface area (Å²) in [5, 5.41) is -1.42. The van der Waals surface area contributed by atoms with E-state index in [4.69, 9.17) is 0 Å². The van der Waals surface area contributed by atoms with Crippen molar-refractivity contribution in [2.45, 2.75) is 26.2 Å². The van der Waals surface area contributed by atoms with Crippen LogP contribution in [0.25, 0.3) is 12.3 Å². The second-order valence-corrected chi connectivity index (χ2v) is 7.33. The average molecular weight is 473 g/mol. The van der Waals surface area contributed by atoms with Crippen molar-refractivity contribution in [3.05, 3.63) is 12.3 Å². The minimum absolute atomic E-state index is 0. The molecule has 110 valence electrons. The van der Waals surface area contributed by atoms with Crippen molar-refractivity contribution in [3.8, 4) is 0 Å². The molecule has 0 aromatic rings. The Morgan fingerprint density at radius 1 is 1.00 bits per heavy atom. The Bertz CT molecular complexity index is 253. The molecule has 0 bridgehead atoms. The summed E-state index contributed by atoms with van der Waals surface area (Å²) in [6.07, 6.45) is 0. The van der Waals surface area contributed by atoms with E-state index in [9.17, 15) is 18.9 Å². The van der Waals surface area contributed by atoms with Crippen LogP contribution >= 0.6 is 15.2 Å². The van der Waals surface area contributed by atoms with Crippen LogP contribution in [0.5, 0.6) is 0 Å². The average Bonchev–Trinajstić information content (AvgIpc) is 2.02. The SMILES string of the molecule is CCOP(=O)(O)C(C)P(=O)(O)OCC.[NH2-].[NH2-].[Pt+2]. The maximum Gasteiger partial charge on any atom is 2.00 e. The van der Waals surface area contributed by atoms with Crippen LogP contribution in [0, 0.1) is 0 Å². The largest absolute Gasteiger partial charge is 2.00 e. The molecule has 6 N–H and O–H groups in total. The normalized spacial score (nSPS) is 18.4. The van der Waals surface area contributed by atoms with Crippen LogP contribution < -0.4 is 0 Å². The third-order valence-electron chi connectivity index (χ3n) is 1.57. The van der Waals surface area contributed by atoms with Crippen LogP contribution in [-0.2, 0) is 39.2 Å². The standard InChI is InChI=1S/C6H16O6P2.2H2N.Pt/c1-4-11-13(7,8)6(3)14(9,10)12-5-2;;;/h6H,4-5H2,1-3H3,(H,7,8)(H,9,10);2*1H2;/q;2*-1;+2. The van der Waals surface area contributed by atoms with Crippen molar-refractivity contribution in [1.29, 1.82) is 0 Å². The molecule has 2 unspecified atom stereocenters. The summed E-state index contributed by atoms with van der Waals surface area (Å²) in [5.74, 6) is 0. The molecule has 0 amide bonds. The van der Waals surface area contributed by atoms with Gasteiger partial charge in [-0.2, -0.15) is 0 Å². The van der Waals surface area contributed by atoms with Gasteiger partial charge >= 0.3 is 36.3 Å². The molecular formula is C6H20N2O6P2Pt. The Hall–Kier alpha value is 0.908. The molecule has 0 aromatic heterocycles. The van der Waals surface area contributed by atoms with Crippen molar-refractivity contribution in [1.82, 2.24) is 0 Å². The van der Waals surface area contributed by atoms with Gasteiger partial charge in [0.05, 0.1) is 13.2 Å². The van der Waals surface area contributed by atoms with Crippen LogP contribution in [0.2, 0.25) is 0 Å². The van der Waals surface area contributed by atoms with E-state index >= 15 is 0 Å². The minimum atomic E-state index is -4.07. The van der Waals surface area contributed by atoms with Gasteiger partial charge in [0.15, 0.2) is 5.40 Å². The molecule has 0 aliphatic heterocycles. The number of rotatable bonds is 6. The molecule has 11 heteroatoms. The van der Waals surface area contributed by atoms with Gasteiger partial charge in [0.1, 0.15) is 0 Å². The molecule has 0 rings (SSSR count). The van der Waals surface area contributed by atoms with Gasteiger partial charge < -0.3 is 31.1 Å². The van der Waals surface area contributed by atoms with E-state index in [-0.39, 0.29) is 46.6 Å². The molecule has 0 saturated carbocycles. The summed E-state index contributed by atoms with van der Waals surface area (Å²) in [6.45, 7) is 4.22.